The fourth-order valence-corrected chi connectivity index (χ4v) is 2.65. The standard InChI is InChI=1S/C13H17BrN2O/c1-8-4-2-7-11(12(8)14)16-13(17)9-5-3-6-10(9)15/h2,4,7,9-10H,3,5-6,15H2,1H3,(H,16,17). The molecular formula is C13H17BrN2O. The zero-order chi connectivity index (χ0) is 12.4. The van der Waals surface area contributed by atoms with E-state index in [9.17, 15) is 4.79 Å². The van der Waals surface area contributed by atoms with Crippen LogP contribution in [-0.4, -0.2) is 11.9 Å². The highest BCUT2D eigenvalue weighted by atomic mass is 79.9. The summed E-state index contributed by atoms with van der Waals surface area (Å²) in [5.41, 5.74) is 7.87. The zero-order valence-corrected chi connectivity index (χ0v) is 11.5. The van der Waals surface area contributed by atoms with E-state index in [2.05, 4.69) is 21.2 Å². The second-order valence-corrected chi connectivity index (χ2v) is 5.42. The summed E-state index contributed by atoms with van der Waals surface area (Å²) in [6.07, 6.45) is 2.90. The molecule has 1 amide bonds. The van der Waals surface area contributed by atoms with Crippen LogP contribution in [0.3, 0.4) is 0 Å². The number of aryl methyl sites for hydroxylation is 1. The Hall–Kier alpha value is -0.870. The van der Waals surface area contributed by atoms with Gasteiger partial charge in [0.25, 0.3) is 0 Å². The lowest BCUT2D eigenvalue weighted by Crippen LogP contribution is -2.34. The van der Waals surface area contributed by atoms with E-state index in [0.717, 1.165) is 35.0 Å². The summed E-state index contributed by atoms with van der Waals surface area (Å²) in [5.74, 6) is 0.00344. The van der Waals surface area contributed by atoms with Crippen LogP contribution < -0.4 is 11.1 Å². The molecule has 2 atom stereocenters. The van der Waals surface area contributed by atoms with Gasteiger partial charge in [0.05, 0.1) is 11.6 Å². The highest BCUT2D eigenvalue weighted by Crippen LogP contribution is 2.29. The van der Waals surface area contributed by atoms with Gasteiger partial charge in [0.2, 0.25) is 5.91 Å². The SMILES string of the molecule is Cc1cccc(NC(=O)C2CCCC2N)c1Br. The van der Waals surface area contributed by atoms with E-state index < -0.39 is 0 Å². The van der Waals surface area contributed by atoms with Crippen molar-refractivity contribution >= 4 is 27.5 Å². The van der Waals surface area contributed by atoms with Crippen LogP contribution in [0.15, 0.2) is 22.7 Å². The summed E-state index contributed by atoms with van der Waals surface area (Å²) in [4.78, 5) is 12.1. The van der Waals surface area contributed by atoms with Gasteiger partial charge in [0, 0.05) is 10.5 Å². The third-order valence-electron chi connectivity index (χ3n) is 3.36. The molecule has 0 heterocycles. The number of halogens is 1. The molecule has 1 aromatic rings. The summed E-state index contributed by atoms with van der Waals surface area (Å²) >= 11 is 3.49. The normalized spacial score (nSPS) is 23.7. The molecular weight excluding hydrogens is 280 g/mol. The topological polar surface area (TPSA) is 55.1 Å². The van der Waals surface area contributed by atoms with Gasteiger partial charge in [-0.05, 0) is 47.3 Å². The van der Waals surface area contributed by atoms with Gasteiger partial charge in [-0.2, -0.15) is 0 Å². The lowest BCUT2D eigenvalue weighted by atomic mass is 10.0. The molecule has 3 nitrogen and oxygen atoms in total. The number of rotatable bonds is 2. The maximum Gasteiger partial charge on any atom is 0.229 e. The molecule has 0 aliphatic heterocycles. The molecule has 0 bridgehead atoms. The van der Waals surface area contributed by atoms with Gasteiger partial charge in [-0.25, -0.2) is 0 Å². The van der Waals surface area contributed by atoms with Gasteiger partial charge in [-0.15, -0.1) is 0 Å². The Labute approximate surface area is 110 Å². The van der Waals surface area contributed by atoms with Gasteiger partial charge < -0.3 is 11.1 Å². The van der Waals surface area contributed by atoms with E-state index in [0.29, 0.717) is 0 Å². The first-order chi connectivity index (χ1) is 8.09. The van der Waals surface area contributed by atoms with Gasteiger partial charge in [-0.3, -0.25) is 4.79 Å². The molecule has 3 N–H and O–H groups in total. The van der Waals surface area contributed by atoms with Crippen molar-refractivity contribution in [2.24, 2.45) is 11.7 Å². The van der Waals surface area contributed by atoms with Gasteiger partial charge in [0.15, 0.2) is 0 Å². The maximum absolute atomic E-state index is 12.1. The molecule has 1 aromatic carbocycles. The summed E-state index contributed by atoms with van der Waals surface area (Å²) in [5, 5.41) is 2.96. The number of anilines is 1. The number of amides is 1. The lowest BCUT2D eigenvalue weighted by Gasteiger charge is -2.16. The highest BCUT2D eigenvalue weighted by molar-refractivity contribution is 9.10. The van der Waals surface area contributed by atoms with E-state index in [1.807, 2.05) is 25.1 Å². The van der Waals surface area contributed by atoms with Gasteiger partial charge >= 0.3 is 0 Å². The Morgan fingerprint density at radius 1 is 1.47 bits per heavy atom. The van der Waals surface area contributed by atoms with Crippen molar-refractivity contribution in [1.82, 2.24) is 0 Å². The molecule has 0 spiro atoms. The third-order valence-corrected chi connectivity index (χ3v) is 4.41. The van der Waals surface area contributed by atoms with Gasteiger partial charge in [0.1, 0.15) is 0 Å². The Morgan fingerprint density at radius 3 is 2.88 bits per heavy atom. The largest absolute Gasteiger partial charge is 0.327 e. The Morgan fingerprint density at radius 2 is 2.24 bits per heavy atom. The zero-order valence-electron chi connectivity index (χ0n) is 9.87. The van der Waals surface area contributed by atoms with Crippen LogP contribution in [0, 0.1) is 12.8 Å². The molecule has 0 aromatic heterocycles. The van der Waals surface area contributed by atoms with Crippen LogP contribution in [0.4, 0.5) is 5.69 Å². The summed E-state index contributed by atoms with van der Waals surface area (Å²) in [7, 11) is 0. The average molecular weight is 297 g/mol. The molecule has 92 valence electrons. The fourth-order valence-electron chi connectivity index (χ4n) is 2.28. The predicted octanol–water partition coefficient (Wildman–Crippen LogP) is 2.82. The predicted molar refractivity (Wildman–Crippen MR) is 72.8 cm³/mol. The van der Waals surface area contributed by atoms with Crippen molar-refractivity contribution in [2.45, 2.75) is 32.2 Å². The fraction of sp³-hybridized carbons (Fsp3) is 0.462. The number of hydrogen-bond donors (Lipinski definition) is 2. The number of benzene rings is 1. The van der Waals surface area contributed by atoms with Crippen molar-refractivity contribution in [1.29, 1.82) is 0 Å². The maximum atomic E-state index is 12.1. The Bertz CT molecular complexity index is 433. The number of carbonyl (C=O) groups excluding carboxylic acids is 1. The first-order valence-corrected chi connectivity index (χ1v) is 6.70. The second kappa shape index (κ2) is 5.19. The van der Waals surface area contributed by atoms with Crippen molar-refractivity contribution in [3.63, 3.8) is 0 Å². The molecule has 2 rings (SSSR count). The molecule has 17 heavy (non-hydrogen) atoms. The third kappa shape index (κ3) is 2.69. The van der Waals surface area contributed by atoms with E-state index >= 15 is 0 Å². The quantitative estimate of drug-likeness (QED) is 0.882. The van der Waals surface area contributed by atoms with Crippen molar-refractivity contribution in [2.75, 3.05) is 5.32 Å². The Kier molecular flexibility index (Phi) is 3.84. The van der Waals surface area contributed by atoms with E-state index in [1.165, 1.54) is 0 Å². The van der Waals surface area contributed by atoms with E-state index in [4.69, 9.17) is 5.73 Å². The minimum atomic E-state index is -0.0394. The summed E-state index contributed by atoms with van der Waals surface area (Å²) in [6, 6.07) is 5.85. The average Bonchev–Trinajstić information content (AvgIpc) is 2.71. The van der Waals surface area contributed by atoms with E-state index in [1.54, 1.807) is 0 Å². The summed E-state index contributed by atoms with van der Waals surface area (Å²) < 4.78 is 0.944. The number of carbonyl (C=O) groups is 1. The van der Waals surface area contributed by atoms with Crippen LogP contribution in [0.2, 0.25) is 0 Å². The van der Waals surface area contributed by atoms with Crippen molar-refractivity contribution in [3.8, 4) is 0 Å². The van der Waals surface area contributed by atoms with Crippen LogP contribution in [0.5, 0.6) is 0 Å². The Balaban J connectivity index is 2.10. The molecule has 1 aliphatic rings. The number of nitrogens with one attached hydrogen (secondary N) is 1. The minimum Gasteiger partial charge on any atom is -0.327 e. The minimum absolute atomic E-state index is 0.0126. The molecule has 2 unspecified atom stereocenters. The van der Waals surface area contributed by atoms with E-state index in [-0.39, 0.29) is 17.9 Å². The second-order valence-electron chi connectivity index (χ2n) is 4.63. The van der Waals surface area contributed by atoms with Crippen LogP contribution in [0.25, 0.3) is 0 Å². The van der Waals surface area contributed by atoms with Crippen molar-refractivity contribution < 1.29 is 4.79 Å². The highest BCUT2D eigenvalue weighted by Gasteiger charge is 2.30. The molecule has 0 saturated heterocycles. The van der Waals surface area contributed by atoms with Crippen LogP contribution in [0.1, 0.15) is 24.8 Å². The first-order valence-electron chi connectivity index (χ1n) is 5.91. The molecule has 4 heteroatoms. The van der Waals surface area contributed by atoms with Crippen molar-refractivity contribution in [3.05, 3.63) is 28.2 Å². The lowest BCUT2D eigenvalue weighted by molar-refractivity contribution is -0.120. The van der Waals surface area contributed by atoms with Gasteiger partial charge in [-0.1, -0.05) is 18.6 Å². The van der Waals surface area contributed by atoms with Crippen LogP contribution in [-0.2, 0) is 4.79 Å². The molecule has 1 saturated carbocycles. The smallest absolute Gasteiger partial charge is 0.229 e. The molecule has 0 radical (unpaired) electrons. The number of hydrogen-bond acceptors (Lipinski definition) is 2. The summed E-state index contributed by atoms with van der Waals surface area (Å²) in [6.45, 7) is 2.00. The molecule has 1 fully saturated rings. The molecule has 1 aliphatic carbocycles. The number of nitrogens with two attached hydrogens (primary N) is 1. The monoisotopic (exact) mass is 296 g/mol. The first kappa shape index (κ1) is 12.6. The van der Waals surface area contributed by atoms with Crippen LogP contribution >= 0.6 is 15.9 Å².